The third kappa shape index (κ3) is 2.41. The van der Waals surface area contributed by atoms with Crippen LogP contribution in [0.15, 0.2) is 18.2 Å². The Morgan fingerprint density at radius 2 is 2.10 bits per heavy atom. The number of benzene rings is 1. The monoisotopic (exact) mass is 299 g/mol. The maximum atomic E-state index is 14.0. The van der Waals surface area contributed by atoms with Crippen LogP contribution in [0.1, 0.15) is 17.7 Å². The van der Waals surface area contributed by atoms with Gasteiger partial charge in [-0.1, -0.05) is 6.07 Å². The molecule has 3 N–H and O–H groups in total. The standard InChI is InChI=1S/C13H15F2N3OS/c1-6-11-12(8-3-2-7(14)4-9(8)15)20-5-10(19)16-13(11)18-17-6/h2-4,6,11-13,17-18H,5H2,1H3,(H,16,19). The van der Waals surface area contributed by atoms with Gasteiger partial charge in [0.2, 0.25) is 5.91 Å². The number of fused-ring (bicyclic) bond motifs is 1. The summed E-state index contributed by atoms with van der Waals surface area (Å²) in [5.74, 6) is -0.978. The average Bonchev–Trinajstić information content (AvgIpc) is 2.65. The first-order chi connectivity index (χ1) is 9.56. The summed E-state index contributed by atoms with van der Waals surface area (Å²) in [5, 5.41) is 2.66. The number of carbonyl (C=O) groups is 1. The van der Waals surface area contributed by atoms with E-state index in [0.29, 0.717) is 5.56 Å². The zero-order chi connectivity index (χ0) is 14.3. The summed E-state index contributed by atoms with van der Waals surface area (Å²) in [5.41, 5.74) is 6.53. The number of rotatable bonds is 1. The maximum absolute atomic E-state index is 14.0. The van der Waals surface area contributed by atoms with Crippen LogP contribution in [-0.4, -0.2) is 23.9 Å². The van der Waals surface area contributed by atoms with Crippen LogP contribution in [0.3, 0.4) is 0 Å². The summed E-state index contributed by atoms with van der Waals surface area (Å²) in [4.78, 5) is 11.7. The first kappa shape index (κ1) is 13.8. The Bertz CT molecular complexity index is 542. The molecule has 7 heteroatoms. The Balaban J connectivity index is 1.98. The van der Waals surface area contributed by atoms with Crippen molar-refractivity contribution in [3.63, 3.8) is 0 Å². The lowest BCUT2D eigenvalue weighted by atomic mass is 9.91. The van der Waals surface area contributed by atoms with Gasteiger partial charge in [-0.3, -0.25) is 10.2 Å². The summed E-state index contributed by atoms with van der Waals surface area (Å²) in [6, 6.07) is 3.70. The molecule has 0 aromatic heterocycles. The van der Waals surface area contributed by atoms with Crippen molar-refractivity contribution in [1.82, 2.24) is 16.2 Å². The molecule has 4 atom stereocenters. The molecule has 1 aromatic rings. The smallest absolute Gasteiger partial charge is 0.231 e. The SMILES string of the molecule is CC1NNC2NC(=O)CSC(c3ccc(F)cc3F)C12. The normalized spacial score (nSPS) is 33.5. The van der Waals surface area contributed by atoms with E-state index in [1.165, 1.54) is 23.9 Å². The topological polar surface area (TPSA) is 53.2 Å². The minimum atomic E-state index is -0.591. The molecule has 2 aliphatic heterocycles. The predicted molar refractivity (Wildman–Crippen MR) is 72.7 cm³/mol. The van der Waals surface area contributed by atoms with Crippen LogP contribution in [0.4, 0.5) is 8.78 Å². The van der Waals surface area contributed by atoms with Crippen molar-refractivity contribution in [3.8, 4) is 0 Å². The first-order valence-corrected chi connectivity index (χ1v) is 7.48. The molecular weight excluding hydrogens is 284 g/mol. The van der Waals surface area contributed by atoms with Crippen molar-refractivity contribution < 1.29 is 13.6 Å². The molecule has 4 nitrogen and oxygen atoms in total. The van der Waals surface area contributed by atoms with Gasteiger partial charge in [-0.25, -0.2) is 14.2 Å². The Morgan fingerprint density at radius 3 is 2.85 bits per heavy atom. The van der Waals surface area contributed by atoms with Crippen molar-refractivity contribution in [2.75, 3.05) is 5.75 Å². The summed E-state index contributed by atoms with van der Waals surface area (Å²) in [6.07, 6.45) is -0.248. The van der Waals surface area contributed by atoms with Crippen molar-refractivity contribution in [1.29, 1.82) is 0 Å². The minimum Gasteiger partial charge on any atom is -0.338 e. The van der Waals surface area contributed by atoms with Crippen LogP contribution in [0, 0.1) is 17.6 Å². The second-order valence-corrected chi connectivity index (χ2v) is 6.23. The number of hydrogen-bond donors (Lipinski definition) is 3. The van der Waals surface area contributed by atoms with Gasteiger partial charge in [0.25, 0.3) is 0 Å². The van der Waals surface area contributed by atoms with E-state index in [9.17, 15) is 13.6 Å². The largest absolute Gasteiger partial charge is 0.338 e. The fourth-order valence-electron chi connectivity index (χ4n) is 2.79. The Kier molecular flexibility index (Phi) is 3.66. The molecule has 0 radical (unpaired) electrons. The number of thioether (sulfide) groups is 1. The molecule has 108 valence electrons. The van der Waals surface area contributed by atoms with Gasteiger partial charge in [0.05, 0.1) is 11.9 Å². The average molecular weight is 299 g/mol. The van der Waals surface area contributed by atoms with Gasteiger partial charge in [-0.15, -0.1) is 11.8 Å². The third-order valence-corrected chi connectivity index (χ3v) is 5.11. The second-order valence-electron chi connectivity index (χ2n) is 5.10. The van der Waals surface area contributed by atoms with Gasteiger partial charge >= 0.3 is 0 Å². The molecular formula is C13H15F2N3OS. The summed E-state index contributed by atoms with van der Waals surface area (Å²) in [6.45, 7) is 1.98. The number of halogens is 2. The van der Waals surface area contributed by atoms with Crippen LogP contribution >= 0.6 is 11.8 Å². The first-order valence-electron chi connectivity index (χ1n) is 6.43. The lowest BCUT2D eigenvalue weighted by Gasteiger charge is -2.27. The van der Waals surface area contributed by atoms with Crippen LogP contribution in [0.2, 0.25) is 0 Å². The zero-order valence-corrected chi connectivity index (χ0v) is 11.6. The molecule has 0 bridgehead atoms. The van der Waals surface area contributed by atoms with Gasteiger partial charge in [-0.05, 0) is 13.0 Å². The quantitative estimate of drug-likeness (QED) is 0.732. The van der Waals surface area contributed by atoms with E-state index in [-0.39, 0.29) is 35.0 Å². The number of hydrogen-bond acceptors (Lipinski definition) is 4. The zero-order valence-electron chi connectivity index (χ0n) is 10.8. The lowest BCUT2D eigenvalue weighted by molar-refractivity contribution is -0.119. The lowest BCUT2D eigenvalue weighted by Crippen LogP contribution is -2.46. The molecule has 2 heterocycles. The molecule has 2 fully saturated rings. The summed E-state index contributed by atoms with van der Waals surface area (Å²) in [7, 11) is 0. The van der Waals surface area contributed by atoms with E-state index in [0.717, 1.165) is 6.07 Å². The molecule has 1 amide bonds. The highest BCUT2D eigenvalue weighted by Gasteiger charge is 2.43. The van der Waals surface area contributed by atoms with E-state index in [4.69, 9.17) is 0 Å². The van der Waals surface area contributed by atoms with Gasteiger partial charge in [-0.2, -0.15) is 0 Å². The molecule has 0 spiro atoms. The van der Waals surface area contributed by atoms with Crippen LogP contribution in [0.5, 0.6) is 0 Å². The summed E-state index contributed by atoms with van der Waals surface area (Å²) >= 11 is 1.39. The molecule has 2 aliphatic rings. The number of hydrazine groups is 1. The minimum absolute atomic E-state index is 0.00795. The fraction of sp³-hybridized carbons (Fsp3) is 0.462. The highest BCUT2D eigenvalue weighted by Crippen LogP contribution is 2.42. The van der Waals surface area contributed by atoms with Crippen LogP contribution in [0.25, 0.3) is 0 Å². The van der Waals surface area contributed by atoms with E-state index < -0.39 is 11.6 Å². The van der Waals surface area contributed by atoms with Gasteiger partial charge < -0.3 is 5.32 Å². The maximum Gasteiger partial charge on any atom is 0.231 e. The molecule has 2 saturated heterocycles. The van der Waals surface area contributed by atoms with Crippen molar-refractivity contribution in [2.45, 2.75) is 24.4 Å². The highest BCUT2D eigenvalue weighted by atomic mass is 32.2. The van der Waals surface area contributed by atoms with Crippen molar-refractivity contribution >= 4 is 17.7 Å². The van der Waals surface area contributed by atoms with Crippen LogP contribution < -0.4 is 16.2 Å². The van der Waals surface area contributed by atoms with E-state index in [1.807, 2.05) is 6.92 Å². The van der Waals surface area contributed by atoms with Gasteiger partial charge in [0.1, 0.15) is 11.6 Å². The van der Waals surface area contributed by atoms with E-state index in [1.54, 1.807) is 0 Å². The molecule has 4 unspecified atom stereocenters. The summed E-state index contributed by atoms with van der Waals surface area (Å²) < 4.78 is 27.1. The highest BCUT2D eigenvalue weighted by molar-refractivity contribution is 8.00. The molecule has 0 saturated carbocycles. The van der Waals surface area contributed by atoms with Gasteiger partial charge in [0, 0.05) is 28.8 Å². The molecule has 0 aliphatic carbocycles. The predicted octanol–water partition coefficient (Wildman–Crippen LogP) is 1.31. The Hall–Kier alpha value is -1.18. The van der Waals surface area contributed by atoms with Crippen molar-refractivity contribution in [2.24, 2.45) is 5.92 Å². The Labute approximate surface area is 119 Å². The molecule has 1 aromatic carbocycles. The number of amides is 1. The molecule has 20 heavy (non-hydrogen) atoms. The Morgan fingerprint density at radius 1 is 1.30 bits per heavy atom. The third-order valence-electron chi connectivity index (χ3n) is 3.76. The van der Waals surface area contributed by atoms with Crippen molar-refractivity contribution in [3.05, 3.63) is 35.4 Å². The van der Waals surface area contributed by atoms with Crippen LogP contribution in [-0.2, 0) is 4.79 Å². The van der Waals surface area contributed by atoms with Gasteiger partial charge in [0.15, 0.2) is 0 Å². The molecule has 3 rings (SSSR count). The van der Waals surface area contributed by atoms with E-state index in [2.05, 4.69) is 16.2 Å². The number of nitrogens with one attached hydrogen (secondary N) is 3. The second kappa shape index (κ2) is 5.31. The fourth-order valence-corrected chi connectivity index (χ4v) is 4.19. The van der Waals surface area contributed by atoms with E-state index >= 15 is 0 Å². The number of carbonyl (C=O) groups excluding carboxylic acids is 1.